The predicted molar refractivity (Wildman–Crippen MR) is 69.4 cm³/mol. The Hall–Kier alpha value is -1.62. The summed E-state index contributed by atoms with van der Waals surface area (Å²) >= 11 is 0. The van der Waals surface area contributed by atoms with E-state index in [-0.39, 0.29) is 29.0 Å². The monoisotopic (exact) mass is 249 g/mol. The maximum absolute atomic E-state index is 12.2. The number of carbonyl (C=O) groups excluding carboxylic acids is 1. The van der Waals surface area contributed by atoms with E-state index in [9.17, 15) is 9.59 Å². The fourth-order valence-corrected chi connectivity index (χ4v) is 2.43. The van der Waals surface area contributed by atoms with Crippen LogP contribution in [0.4, 0.5) is 0 Å². The smallest absolute Gasteiger partial charge is 0.259 e. The molecule has 2 rings (SSSR count). The van der Waals surface area contributed by atoms with Crippen molar-refractivity contribution in [2.24, 2.45) is 5.73 Å². The van der Waals surface area contributed by atoms with Crippen LogP contribution in [0.25, 0.3) is 0 Å². The van der Waals surface area contributed by atoms with Crippen LogP contribution in [0, 0.1) is 0 Å². The van der Waals surface area contributed by atoms with Crippen molar-refractivity contribution in [3.8, 4) is 0 Å². The fraction of sp³-hybridized carbons (Fsp3) is 0.538. The van der Waals surface area contributed by atoms with Gasteiger partial charge in [-0.2, -0.15) is 0 Å². The second kappa shape index (κ2) is 5.35. The van der Waals surface area contributed by atoms with Crippen molar-refractivity contribution in [3.05, 3.63) is 34.2 Å². The van der Waals surface area contributed by atoms with Gasteiger partial charge in [-0.1, -0.05) is 0 Å². The average molecular weight is 249 g/mol. The molecule has 1 heterocycles. The van der Waals surface area contributed by atoms with E-state index >= 15 is 0 Å². The Kier molecular flexibility index (Phi) is 3.81. The summed E-state index contributed by atoms with van der Waals surface area (Å²) in [6.45, 7) is 0. The number of carbonyl (C=O) groups is 1. The molecule has 1 aliphatic rings. The molecule has 0 saturated heterocycles. The third-order valence-electron chi connectivity index (χ3n) is 3.66. The second-order valence-corrected chi connectivity index (χ2v) is 4.91. The third-order valence-corrected chi connectivity index (χ3v) is 3.66. The molecule has 0 atom stereocenters. The van der Waals surface area contributed by atoms with Crippen LogP contribution in [0.1, 0.15) is 36.0 Å². The fourth-order valence-electron chi connectivity index (χ4n) is 2.43. The van der Waals surface area contributed by atoms with Crippen molar-refractivity contribution < 1.29 is 4.79 Å². The van der Waals surface area contributed by atoms with E-state index in [1.807, 2.05) is 0 Å². The molecule has 1 aromatic rings. The molecule has 1 saturated carbocycles. The number of amides is 1. The molecule has 1 aliphatic carbocycles. The van der Waals surface area contributed by atoms with Crippen LogP contribution in [0.2, 0.25) is 0 Å². The summed E-state index contributed by atoms with van der Waals surface area (Å²) in [5, 5.41) is 0. The first-order valence-electron chi connectivity index (χ1n) is 6.29. The summed E-state index contributed by atoms with van der Waals surface area (Å²) < 4.78 is 0. The predicted octanol–water partition coefficient (Wildman–Crippen LogP) is 0.717. The highest BCUT2D eigenvalue weighted by atomic mass is 16.2. The normalized spacial score (nSPS) is 23.7. The molecule has 5 heteroatoms. The van der Waals surface area contributed by atoms with Crippen molar-refractivity contribution >= 4 is 5.91 Å². The summed E-state index contributed by atoms with van der Waals surface area (Å²) in [6, 6.07) is 1.82. The Balaban J connectivity index is 2.10. The Labute approximate surface area is 106 Å². The summed E-state index contributed by atoms with van der Waals surface area (Å²) in [4.78, 5) is 28.3. The van der Waals surface area contributed by atoms with Crippen molar-refractivity contribution in [1.29, 1.82) is 0 Å². The number of hydrogen-bond donors (Lipinski definition) is 2. The van der Waals surface area contributed by atoms with Gasteiger partial charge in [0.05, 0.1) is 0 Å². The van der Waals surface area contributed by atoms with Gasteiger partial charge in [-0.25, -0.2) is 0 Å². The van der Waals surface area contributed by atoms with Crippen LogP contribution in [0.15, 0.2) is 23.3 Å². The molecule has 0 unspecified atom stereocenters. The first kappa shape index (κ1) is 12.8. The van der Waals surface area contributed by atoms with E-state index < -0.39 is 0 Å². The topological polar surface area (TPSA) is 79.2 Å². The van der Waals surface area contributed by atoms with Gasteiger partial charge >= 0.3 is 0 Å². The third kappa shape index (κ3) is 2.61. The molecule has 0 aromatic carbocycles. The van der Waals surface area contributed by atoms with Gasteiger partial charge in [0.15, 0.2) is 5.43 Å². The van der Waals surface area contributed by atoms with E-state index in [0.717, 1.165) is 25.7 Å². The highest BCUT2D eigenvalue weighted by Gasteiger charge is 2.26. The van der Waals surface area contributed by atoms with Gasteiger partial charge in [-0.15, -0.1) is 0 Å². The maximum Gasteiger partial charge on any atom is 0.259 e. The van der Waals surface area contributed by atoms with Gasteiger partial charge in [-0.05, 0) is 25.7 Å². The Morgan fingerprint density at radius 2 is 2.06 bits per heavy atom. The number of nitrogens with one attached hydrogen (secondary N) is 1. The van der Waals surface area contributed by atoms with Gasteiger partial charge < -0.3 is 15.6 Å². The Bertz CT molecular complexity index is 475. The van der Waals surface area contributed by atoms with Crippen LogP contribution < -0.4 is 11.2 Å². The highest BCUT2D eigenvalue weighted by molar-refractivity contribution is 5.93. The number of pyridine rings is 1. The molecule has 3 N–H and O–H groups in total. The zero-order chi connectivity index (χ0) is 13.1. The van der Waals surface area contributed by atoms with Crippen LogP contribution in [0.3, 0.4) is 0 Å². The number of H-pyrrole nitrogens is 1. The minimum atomic E-state index is -0.238. The Morgan fingerprint density at radius 1 is 1.39 bits per heavy atom. The summed E-state index contributed by atoms with van der Waals surface area (Å²) in [5.41, 5.74) is 5.82. The van der Waals surface area contributed by atoms with Crippen LogP contribution in [0.5, 0.6) is 0 Å². The molecule has 0 spiro atoms. The van der Waals surface area contributed by atoms with Crippen LogP contribution >= 0.6 is 0 Å². The van der Waals surface area contributed by atoms with Crippen molar-refractivity contribution in [2.45, 2.75) is 37.8 Å². The molecule has 5 nitrogen and oxygen atoms in total. The number of aromatic nitrogens is 1. The van der Waals surface area contributed by atoms with Gasteiger partial charge in [0.2, 0.25) is 0 Å². The maximum atomic E-state index is 12.2. The molecule has 98 valence electrons. The Morgan fingerprint density at radius 3 is 2.67 bits per heavy atom. The molecule has 18 heavy (non-hydrogen) atoms. The lowest BCUT2D eigenvalue weighted by Crippen LogP contribution is -2.43. The first-order chi connectivity index (χ1) is 8.59. The molecule has 0 aliphatic heterocycles. The van der Waals surface area contributed by atoms with Gasteiger partial charge in [0, 0.05) is 37.6 Å². The SMILES string of the molecule is CN(C(=O)c1c[nH]ccc1=O)C1CCC(N)CC1. The van der Waals surface area contributed by atoms with E-state index in [2.05, 4.69) is 4.98 Å². The van der Waals surface area contributed by atoms with E-state index in [1.54, 1.807) is 11.9 Å². The largest absolute Gasteiger partial charge is 0.367 e. The van der Waals surface area contributed by atoms with E-state index in [0.29, 0.717) is 0 Å². The van der Waals surface area contributed by atoms with E-state index in [4.69, 9.17) is 5.73 Å². The second-order valence-electron chi connectivity index (χ2n) is 4.91. The number of nitrogens with zero attached hydrogens (tertiary/aromatic N) is 1. The molecular weight excluding hydrogens is 230 g/mol. The quantitative estimate of drug-likeness (QED) is 0.810. The molecule has 0 bridgehead atoms. The zero-order valence-electron chi connectivity index (χ0n) is 10.6. The molecule has 1 aromatic heterocycles. The molecule has 1 amide bonds. The van der Waals surface area contributed by atoms with Crippen LogP contribution in [-0.2, 0) is 0 Å². The number of rotatable bonds is 2. The van der Waals surface area contributed by atoms with E-state index in [1.165, 1.54) is 18.5 Å². The van der Waals surface area contributed by atoms with Gasteiger partial charge in [0.1, 0.15) is 5.56 Å². The lowest BCUT2D eigenvalue weighted by atomic mass is 9.91. The van der Waals surface area contributed by atoms with Crippen molar-refractivity contribution in [3.63, 3.8) is 0 Å². The molecule has 1 fully saturated rings. The number of hydrogen-bond acceptors (Lipinski definition) is 3. The summed E-state index contributed by atoms with van der Waals surface area (Å²) in [5.74, 6) is -0.211. The lowest BCUT2D eigenvalue weighted by molar-refractivity contribution is 0.0688. The minimum absolute atomic E-state index is 0.192. The molecule has 0 radical (unpaired) electrons. The van der Waals surface area contributed by atoms with Gasteiger partial charge in [0.25, 0.3) is 5.91 Å². The van der Waals surface area contributed by atoms with Crippen molar-refractivity contribution in [1.82, 2.24) is 9.88 Å². The highest BCUT2D eigenvalue weighted by Crippen LogP contribution is 2.21. The zero-order valence-corrected chi connectivity index (χ0v) is 10.6. The standard InChI is InChI=1S/C13H19N3O2/c1-16(10-4-2-9(14)3-5-10)13(18)11-8-15-7-6-12(11)17/h6-10H,2-5,14H2,1H3,(H,15,17). The average Bonchev–Trinajstić information content (AvgIpc) is 2.38. The van der Waals surface area contributed by atoms with Crippen molar-refractivity contribution in [2.75, 3.05) is 7.05 Å². The first-order valence-corrected chi connectivity index (χ1v) is 6.29. The van der Waals surface area contributed by atoms with Crippen LogP contribution in [-0.4, -0.2) is 34.9 Å². The summed E-state index contributed by atoms with van der Waals surface area (Å²) in [6.07, 6.45) is 6.69. The number of aromatic amines is 1. The lowest BCUT2D eigenvalue weighted by Gasteiger charge is -2.33. The summed E-state index contributed by atoms with van der Waals surface area (Å²) in [7, 11) is 1.76. The van der Waals surface area contributed by atoms with Gasteiger partial charge in [-0.3, -0.25) is 9.59 Å². The number of nitrogens with two attached hydrogens (primary N) is 1. The minimum Gasteiger partial charge on any atom is -0.367 e. The molecular formula is C13H19N3O2.